The summed E-state index contributed by atoms with van der Waals surface area (Å²) in [7, 11) is 1.71. The van der Waals surface area contributed by atoms with E-state index < -0.39 is 5.91 Å². The Morgan fingerprint density at radius 3 is 2.92 bits per heavy atom. The van der Waals surface area contributed by atoms with Crippen LogP contribution in [0.4, 0.5) is 0 Å². The van der Waals surface area contributed by atoms with Crippen LogP contribution in [0.15, 0.2) is 35.6 Å². The van der Waals surface area contributed by atoms with Crippen molar-refractivity contribution in [1.29, 1.82) is 5.41 Å². The largest absolute Gasteiger partial charge is 0.393 e. The van der Waals surface area contributed by atoms with Gasteiger partial charge in [0.2, 0.25) is 5.91 Å². The monoisotopic (exact) mass is 177 g/mol. The van der Waals surface area contributed by atoms with Crippen molar-refractivity contribution < 1.29 is 4.79 Å². The van der Waals surface area contributed by atoms with Crippen LogP contribution >= 0.6 is 0 Å². The molecule has 1 amide bonds. The topological polar surface area (TPSA) is 79.0 Å². The fourth-order valence-electron chi connectivity index (χ4n) is 1.08. The summed E-state index contributed by atoms with van der Waals surface area (Å²) < 4.78 is 0. The lowest BCUT2D eigenvalue weighted by molar-refractivity contribution is -0.114. The van der Waals surface area contributed by atoms with E-state index in [1.165, 1.54) is 0 Å². The van der Waals surface area contributed by atoms with Gasteiger partial charge in [0.1, 0.15) is 0 Å². The molecule has 0 unspecified atom stereocenters. The average molecular weight is 177 g/mol. The first kappa shape index (κ1) is 9.25. The van der Waals surface area contributed by atoms with Gasteiger partial charge in [-0.1, -0.05) is 6.08 Å². The number of hydrogen-bond donors (Lipinski definition) is 3. The molecule has 0 saturated carbocycles. The summed E-state index contributed by atoms with van der Waals surface area (Å²) in [6.07, 6.45) is 6.43. The van der Waals surface area contributed by atoms with Gasteiger partial charge in [-0.3, -0.25) is 4.79 Å². The SMILES string of the molecule is CN/C=C1\C(=N)C=CC=C1C(N)=O. The number of primary amides is 1. The third kappa shape index (κ3) is 1.84. The Balaban J connectivity index is 3.10. The predicted octanol–water partition coefficient (Wildman–Crippen LogP) is 0.0910. The van der Waals surface area contributed by atoms with E-state index >= 15 is 0 Å². The van der Waals surface area contributed by atoms with Crippen molar-refractivity contribution in [2.24, 2.45) is 5.73 Å². The molecular weight excluding hydrogens is 166 g/mol. The number of carbonyl (C=O) groups excluding carboxylic acids is 1. The number of nitrogens with one attached hydrogen (secondary N) is 2. The van der Waals surface area contributed by atoms with Crippen LogP contribution in [-0.2, 0) is 4.79 Å². The van der Waals surface area contributed by atoms with Crippen LogP contribution in [0.25, 0.3) is 0 Å². The standard InChI is InChI=1S/C9H11N3O/c1-12-5-7-6(9(11)13)3-2-4-8(7)10/h2-5,10,12H,1H3,(H2,11,13)/b7-5-,10-8?. The molecule has 4 nitrogen and oxygen atoms in total. The summed E-state index contributed by atoms with van der Waals surface area (Å²) in [6, 6.07) is 0. The summed E-state index contributed by atoms with van der Waals surface area (Å²) in [5.74, 6) is -0.518. The zero-order chi connectivity index (χ0) is 9.84. The summed E-state index contributed by atoms with van der Waals surface area (Å²) in [5.41, 5.74) is 6.31. The minimum absolute atomic E-state index is 0.283. The highest BCUT2D eigenvalue weighted by Crippen LogP contribution is 2.15. The van der Waals surface area contributed by atoms with Gasteiger partial charge in [0.25, 0.3) is 0 Å². The molecule has 13 heavy (non-hydrogen) atoms. The first-order chi connectivity index (χ1) is 6.16. The van der Waals surface area contributed by atoms with Crippen LogP contribution in [0.2, 0.25) is 0 Å². The third-order valence-corrected chi connectivity index (χ3v) is 1.66. The van der Waals surface area contributed by atoms with Crippen molar-refractivity contribution >= 4 is 11.6 Å². The molecule has 4 heteroatoms. The molecule has 0 aromatic carbocycles. The van der Waals surface area contributed by atoms with Crippen LogP contribution in [0.1, 0.15) is 0 Å². The lowest BCUT2D eigenvalue weighted by Crippen LogP contribution is -2.21. The molecule has 0 aliphatic heterocycles. The highest BCUT2D eigenvalue weighted by atomic mass is 16.1. The number of amides is 1. The van der Waals surface area contributed by atoms with Crippen molar-refractivity contribution in [3.8, 4) is 0 Å². The fraction of sp³-hybridized carbons (Fsp3) is 0.111. The van der Waals surface area contributed by atoms with Crippen molar-refractivity contribution in [3.63, 3.8) is 0 Å². The van der Waals surface area contributed by atoms with Gasteiger partial charge in [-0.15, -0.1) is 0 Å². The lowest BCUT2D eigenvalue weighted by Gasteiger charge is -2.10. The molecule has 0 aromatic heterocycles. The molecule has 0 fully saturated rings. The second kappa shape index (κ2) is 3.71. The molecule has 0 spiro atoms. The highest BCUT2D eigenvalue weighted by Gasteiger charge is 2.15. The van der Waals surface area contributed by atoms with Crippen LogP contribution < -0.4 is 11.1 Å². The van der Waals surface area contributed by atoms with Crippen molar-refractivity contribution in [2.75, 3.05) is 7.05 Å². The van der Waals surface area contributed by atoms with Crippen molar-refractivity contribution in [1.82, 2.24) is 5.32 Å². The normalized spacial score (nSPS) is 18.7. The van der Waals surface area contributed by atoms with E-state index in [9.17, 15) is 4.79 Å². The van der Waals surface area contributed by atoms with E-state index in [4.69, 9.17) is 11.1 Å². The Kier molecular flexibility index (Phi) is 2.64. The minimum atomic E-state index is -0.518. The number of nitrogens with two attached hydrogens (primary N) is 1. The molecule has 0 bridgehead atoms. The van der Waals surface area contributed by atoms with Gasteiger partial charge in [0.05, 0.1) is 5.71 Å². The molecule has 68 valence electrons. The Bertz CT molecular complexity index is 337. The maximum Gasteiger partial charge on any atom is 0.249 e. The molecule has 1 rings (SSSR count). The predicted molar refractivity (Wildman–Crippen MR) is 51.3 cm³/mol. The second-order valence-corrected chi connectivity index (χ2v) is 2.56. The zero-order valence-electron chi connectivity index (χ0n) is 7.29. The Hall–Kier alpha value is -1.84. The maximum absolute atomic E-state index is 10.9. The molecule has 0 aromatic rings. The molecule has 1 aliphatic carbocycles. The van der Waals surface area contributed by atoms with Crippen LogP contribution in [0.3, 0.4) is 0 Å². The van der Waals surface area contributed by atoms with Gasteiger partial charge in [0.15, 0.2) is 0 Å². The summed E-state index contributed by atoms with van der Waals surface area (Å²) in [5, 5.41) is 10.3. The van der Waals surface area contributed by atoms with Gasteiger partial charge in [0, 0.05) is 24.4 Å². The quantitative estimate of drug-likeness (QED) is 0.559. The van der Waals surface area contributed by atoms with Gasteiger partial charge in [-0.05, 0) is 12.2 Å². The van der Waals surface area contributed by atoms with E-state index in [1.807, 2.05) is 0 Å². The van der Waals surface area contributed by atoms with E-state index in [0.717, 1.165) is 0 Å². The molecule has 4 N–H and O–H groups in total. The summed E-state index contributed by atoms with van der Waals surface area (Å²) in [4.78, 5) is 10.9. The molecule has 0 radical (unpaired) electrons. The third-order valence-electron chi connectivity index (χ3n) is 1.66. The second-order valence-electron chi connectivity index (χ2n) is 2.56. The van der Waals surface area contributed by atoms with Crippen LogP contribution in [0, 0.1) is 5.41 Å². The van der Waals surface area contributed by atoms with E-state index in [2.05, 4.69) is 5.32 Å². The molecular formula is C9H11N3O. The first-order valence-corrected chi connectivity index (χ1v) is 3.81. The summed E-state index contributed by atoms with van der Waals surface area (Å²) in [6.45, 7) is 0. The van der Waals surface area contributed by atoms with Crippen LogP contribution in [0.5, 0.6) is 0 Å². The molecule has 0 heterocycles. The smallest absolute Gasteiger partial charge is 0.249 e. The van der Waals surface area contributed by atoms with Crippen LogP contribution in [-0.4, -0.2) is 18.7 Å². The fourth-order valence-corrected chi connectivity index (χ4v) is 1.08. The number of rotatable bonds is 2. The van der Waals surface area contributed by atoms with Gasteiger partial charge >= 0.3 is 0 Å². The van der Waals surface area contributed by atoms with Gasteiger partial charge in [-0.25, -0.2) is 0 Å². The number of hydrogen-bond acceptors (Lipinski definition) is 3. The first-order valence-electron chi connectivity index (χ1n) is 3.81. The van der Waals surface area contributed by atoms with E-state index in [0.29, 0.717) is 11.1 Å². The van der Waals surface area contributed by atoms with Crippen molar-refractivity contribution in [2.45, 2.75) is 0 Å². The average Bonchev–Trinajstić information content (AvgIpc) is 2.08. The molecule has 1 aliphatic rings. The Labute approximate surface area is 76.3 Å². The van der Waals surface area contributed by atoms with E-state index in [-0.39, 0.29) is 5.71 Å². The summed E-state index contributed by atoms with van der Waals surface area (Å²) >= 11 is 0. The number of carbonyl (C=O) groups is 1. The lowest BCUT2D eigenvalue weighted by atomic mass is 9.97. The maximum atomic E-state index is 10.9. The molecule has 0 atom stereocenters. The molecule has 0 saturated heterocycles. The Morgan fingerprint density at radius 1 is 1.69 bits per heavy atom. The minimum Gasteiger partial charge on any atom is -0.393 e. The van der Waals surface area contributed by atoms with Gasteiger partial charge < -0.3 is 16.5 Å². The van der Waals surface area contributed by atoms with Crippen molar-refractivity contribution in [3.05, 3.63) is 35.6 Å². The zero-order valence-corrected chi connectivity index (χ0v) is 7.29. The van der Waals surface area contributed by atoms with Gasteiger partial charge in [-0.2, -0.15) is 0 Å². The highest BCUT2D eigenvalue weighted by molar-refractivity contribution is 6.18. The van der Waals surface area contributed by atoms with E-state index in [1.54, 1.807) is 31.5 Å². The Morgan fingerprint density at radius 2 is 2.38 bits per heavy atom. The number of allylic oxidation sites excluding steroid dienone is 3.